The first-order valence-electron chi connectivity index (χ1n) is 9.41. The lowest BCUT2D eigenvalue weighted by atomic mass is 10.2. The second-order valence-electron chi connectivity index (χ2n) is 6.35. The molecule has 8 nitrogen and oxygen atoms in total. The van der Waals surface area contributed by atoms with Gasteiger partial charge >= 0.3 is 6.16 Å². The molecule has 3 N–H and O–H groups in total. The van der Waals surface area contributed by atoms with E-state index in [0.717, 1.165) is 0 Å². The van der Waals surface area contributed by atoms with E-state index in [1.54, 1.807) is 43.3 Å². The van der Waals surface area contributed by atoms with Crippen molar-refractivity contribution in [2.45, 2.75) is 6.92 Å². The summed E-state index contributed by atoms with van der Waals surface area (Å²) in [6.07, 6.45) is -0.809. The summed E-state index contributed by atoms with van der Waals surface area (Å²) in [7, 11) is 0. The van der Waals surface area contributed by atoms with Crippen molar-refractivity contribution < 1.29 is 29.0 Å². The van der Waals surface area contributed by atoms with Crippen molar-refractivity contribution in [2.75, 3.05) is 17.2 Å². The molecule has 3 aromatic rings. The highest BCUT2D eigenvalue weighted by molar-refractivity contribution is 6.05. The van der Waals surface area contributed by atoms with Crippen molar-refractivity contribution in [2.24, 2.45) is 0 Å². The van der Waals surface area contributed by atoms with Gasteiger partial charge in [-0.2, -0.15) is 0 Å². The molecule has 2 amide bonds. The third-order valence-corrected chi connectivity index (χ3v) is 4.09. The molecule has 3 aromatic carbocycles. The number of benzene rings is 3. The maximum absolute atomic E-state index is 12.4. The van der Waals surface area contributed by atoms with Gasteiger partial charge in [-0.3, -0.25) is 9.59 Å². The van der Waals surface area contributed by atoms with Gasteiger partial charge in [0.25, 0.3) is 11.8 Å². The molecule has 0 saturated carbocycles. The highest BCUT2D eigenvalue weighted by atomic mass is 16.7. The van der Waals surface area contributed by atoms with Gasteiger partial charge in [-0.05, 0) is 73.7 Å². The third-order valence-electron chi connectivity index (χ3n) is 4.09. The van der Waals surface area contributed by atoms with Gasteiger partial charge in [0.2, 0.25) is 0 Å². The van der Waals surface area contributed by atoms with Crippen molar-refractivity contribution in [1.82, 2.24) is 0 Å². The Hall–Kier alpha value is -4.33. The van der Waals surface area contributed by atoms with E-state index in [1.807, 2.05) is 0 Å². The molecular weight excluding hydrogens is 400 g/mol. The summed E-state index contributed by atoms with van der Waals surface area (Å²) in [5, 5.41) is 14.9. The third kappa shape index (κ3) is 6.07. The van der Waals surface area contributed by atoms with Crippen LogP contribution in [0.3, 0.4) is 0 Å². The lowest BCUT2D eigenvalue weighted by molar-refractivity contribution is 0.101. The van der Waals surface area contributed by atoms with E-state index in [0.29, 0.717) is 22.5 Å². The van der Waals surface area contributed by atoms with Crippen molar-refractivity contribution in [1.29, 1.82) is 0 Å². The second kappa shape index (κ2) is 9.93. The molecular formula is C23H20N2O6. The van der Waals surface area contributed by atoms with E-state index in [-0.39, 0.29) is 29.9 Å². The molecule has 0 unspecified atom stereocenters. The molecule has 8 heteroatoms. The number of hydrogen-bond acceptors (Lipinski definition) is 6. The van der Waals surface area contributed by atoms with Gasteiger partial charge in [-0.1, -0.05) is 6.07 Å². The number of anilines is 2. The van der Waals surface area contributed by atoms with Gasteiger partial charge in [0, 0.05) is 22.5 Å². The van der Waals surface area contributed by atoms with Gasteiger partial charge in [-0.25, -0.2) is 4.79 Å². The number of carbonyl (C=O) groups excluding carboxylic acids is 3. The Bertz CT molecular complexity index is 1080. The minimum Gasteiger partial charge on any atom is -0.508 e. The van der Waals surface area contributed by atoms with Crippen molar-refractivity contribution in [3.63, 3.8) is 0 Å². The largest absolute Gasteiger partial charge is 0.513 e. The number of aromatic hydroxyl groups is 1. The minimum atomic E-state index is -0.809. The van der Waals surface area contributed by atoms with E-state index in [4.69, 9.17) is 4.74 Å². The predicted octanol–water partition coefficient (Wildman–Crippen LogP) is 4.43. The SMILES string of the molecule is CCOC(=O)Oc1ccc(C(=O)Nc2ccc(NC(=O)c3cccc(O)c3)cc2)cc1. The van der Waals surface area contributed by atoms with Gasteiger partial charge < -0.3 is 25.2 Å². The molecule has 0 aromatic heterocycles. The molecule has 0 bridgehead atoms. The Kier molecular flexibility index (Phi) is 6.85. The zero-order valence-corrected chi connectivity index (χ0v) is 16.6. The average Bonchev–Trinajstić information content (AvgIpc) is 2.75. The second-order valence-corrected chi connectivity index (χ2v) is 6.35. The zero-order chi connectivity index (χ0) is 22.2. The standard InChI is InChI=1S/C23H20N2O6/c1-2-30-23(29)31-20-12-6-15(7-13-20)21(27)24-17-8-10-18(11-9-17)25-22(28)16-4-3-5-19(26)14-16/h3-14,26H,2H2,1H3,(H,24,27)(H,25,28). The van der Waals surface area contributed by atoms with Crippen LogP contribution in [-0.2, 0) is 4.74 Å². The van der Waals surface area contributed by atoms with Crippen LogP contribution in [0.5, 0.6) is 11.5 Å². The summed E-state index contributed by atoms with van der Waals surface area (Å²) < 4.78 is 9.64. The van der Waals surface area contributed by atoms with Crippen LogP contribution >= 0.6 is 0 Å². The van der Waals surface area contributed by atoms with E-state index < -0.39 is 6.16 Å². The highest BCUT2D eigenvalue weighted by Crippen LogP contribution is 2.18. The number of phenolic OH excluding ortho intramolecular Hbond substituents is 1. The lowest BCUT2D eigenvalue weighted by Crippen LogP contribution is -2.13. The van der Waals surface area contributed by atoms with E-state index in [1.165, 1.54) is 36.4 Å². The Balaban J connectivity index is 1.57. The topological polar surface area (TPSA) is 114 Å². The Labute approximate surface area is 178 Å². The molecule has 3 rings (SSSR count). The number of nitrogens with one attached hydrogen (secondary N) is 2. The Morgan fingerprint density at radius 2 is 1.39 bits per heavy atom. The molecule has 158 valence electrons. The molecule has 0 radical (unpaired) electrons. The minimum absolute atomic E-state index is 0.00574. The smallest absolute Gasteiger partial charge is 0.508 e. The molecule has 0 atom stereocenters. The molecule has 31 heavy (non-hydrogen) atoms. The van der Waals surface area contributed by atoms with Crippen molar-refractivity contribution >= 4 is 29.3 Å². The van der Waals surface area contributed by atoms with Crippen LogP contribution in [0.2, 0.25) is 0 Å². The predicted molar refractivity (Wildman–Crippen MR) is 115 cm³/mol. The number of carbonyl (C=O) groups is 3. The summed E-state index contributed by atoms with van der Waals surface area (Å²) in [6.45, 7) is 1.88. The molecule has 0 heterocycles. The van der Waals surface area contributed by atoms with Gasteiger partial charge in [0.15, 0.2) is 0 Å². The maximum atomic E-state index is 12.4. The van der Waals surface area contributed by atoms with Gasteiger partial charge in [0.05, 0.1) is 6.61 Å². The quantitative estimate of drug-likeness (QED) is 0.401. The van der Waals surface area contributed by atoms with Gasteiger partial charge in [-0.15, -0.1) is 0 Å². The van der Waals surface area contributed by atoms with E-state index >= 15 is 0 Å². The summed E-state index contributed by atoms with van der Waals surface area (Å²) in [4.78, 5) is 35.9. The monoisotopic (exact) mass is 420 g/mol. The fourth-order valence-electron chi connectivity index (χ4n) is 2.61. The number of amides is 2. The zero-order valence-electron chi connectivity index (χ0n) is 16.6. The van der Waals surface area contributed by atoms with Crippen LogP contribution in [0, 0.1) is 0 Å². The van der Waals surface area contributed by atoms with Crippen LogP contribution in [0.1, 0.15) is 27.6 Å². The molecule has 0 saturated heterocycles. The fraction of sp³-hybridized carbons (Fsp3) is 0.0870. The van der Waals surface area contributed by atoms with Crippen LogP contribution in [-0.4, -0.2) is 29.7 Å². The van der Waals surface area contributed by atoms with Crippen LogP contribution in [0.4, 0.5) is 16.2 Å². The summed E-state index contributed by atoms with van der Waals surface area (Å²) in [5.74, 6) is -0.440. The first-order chi connectivity index (χ1) is 14.9. The van der Waals surface area contributed by atoms with Crippen molar-refractivity contribution in [3.8, 4) is 11.5 Å². The summed E-state index contributed by atoms with van der Waals surface area (Å²) >= 11 is 0. The van der Waals surface area contributed by atoms with Gasteiger partial charge in [0.1, 0.15) is 11.5 Å². The number of rotatable bonds is 6. The first kappa shape index (κ1) is 21.4. The molecule has 0 aliphatic carbocycles. The van der Waals surface area contributed by atoms with E-state index in [9.17, 15) is 19.5 Å². The van der Waals surface area contributed by atoms with Crippen LogP contribution < -0.4 is 15.4 Å². The normalized spacial score (nSPS) is 10.1. The number of phenols is 1. The fourth-order valence-corrected chi connectivity index (χ4v) is 2.61. The molecule has 0 aliphatic heterocycles. The Morgan fingerprint density at radius 1 is 0.806 bits per heavy atom. The molecule has 0 fully saturated rings. The summed E-state index contributed by atoms with van der Waals surface area (Å²) in [6, 6.07) is 18.6. The Morgan fingerprint density at radius 3 is 1.94 bits per heavy atom. The number of hydrogen-bond donors (Lipinski definition) is 3. The first-order valence-corrected chi connectivity index (χ1v) is 9.41. The highest BCUT2D eigenvalue weighted by Gasteiger charge is 2.10. The maximum Gasteiger partial charge on any atom is 0.513 e. The lowest BCUT2D eigenvalue weighted by Gasteiger charge is -2.09. The molecule has 0 spiro atoms. The van der Waals surface area contributed by atoms with Crippen LogP contribution in [0.15, 0.2) is 72.8 Å². The van der Waals surface area contributed by atoms with E-state index in [2.05, 4.69) is 15.4 Å². The average molecular weight is 420 g/mol. The van der Waals surface area contributed by atoms with Crippen molar-refractivity contribution in [3.05, 3.63) is 83.9 Å². The number of ether oxygens (including phenoxy) is 2. The van der Waals surface area contributed by atoms with Crippen LogP contribution in [0.25, 0.3) is 0 Å². The summed E-state index contributed by atoms with van der Waals surface area (Å²) in [5.41, 5.74) is 1.77. The molecule has 0 aliphatic rings.